The normalized spacial score (nSPS) is 11.3. The van der Waals surface area contributed by atoms with E-state index in [9.17, 15) is 0 Å². The van der Waals surface area contributed by atoms with E-state index in [1.165, 1.54) is 4.88 Å². The molecule has 3 nitrogen and oxygen atoms in total. The van der Waals surface area contributed by atoms with Gasteiger partial charge in [0.05, 0.1) is 15.4 Å². The number of halogens is 3. The lowest BCUT2D eigenvalue weighted by Gasteiger charge is -2.06. The number of imidazole rings is 1. The highest BCUT2D eigenvalue weighted by molar-refractivity contribution is 9.11. The number of aromatic nitrogens is 3. The number of hydrogen-bond acceptors (Lipinski definition) is 3. The van der Waals surface area contributed by atoms with Gasteiger partial charge in [0.2, 0.25) is 0 Å². The molecule has 0 spiro atoms. The minimum absolute atomic E-state index is 0.533. The molecule has 3 aromatic rings. The number of nitrogens with zero attached hydrogens (tertiary/aromatic N) is 3. The van der Waals surface area contributed by atoms with E-state index < -0.39 is 0 Å². The van der Waals surface area contributed by atoms with Crippen LogP contribution in [0.1, 0.15) is 10.7 Å². The lowest BCUT2D eigenvalue weighted by molar-refractivity contribution is 0.756. The molecule has 3 rings (SSSR count). The number of rotatable bonds is 4. The summed E-state index contributed by atoms with van der Waals surface area (Å²) >= 11 is 17.0. The number of thiophene rings is 1. The highest BCUT2D eigenvalue weighted by atomic mass is 79.9. The first-order valence-corrected chi connectivity index (χ1v) is 8.50. The maximum atomic E-state index is 5.98. The first-order chi connectivity index (χ1) is 9.67. The number of pyridine rings is 1. The summed E-state index contributed by atoms with van der Waals surface area (Å²) in [4.78, 5) is 10.2. The zero-order chi connectivity index (χ0) is 14.1. The van der Waals surface area contributed by atoms with E-state index in [1.807, 2.05) is 12.1 Å². The summed E-state index contributed by atoms with van der Waals surface area (Å²) in [5.41, 5.74) is 1.66. The van der Waals surface area contributed by atoms with Gasteiger partial charge in [-0.15, -0.1) is 22.9 Å². The van der Waals surface area contributed by atoms with Gasteiger partial charge >= 0.3 is 0 Å². The van der Waals surface area contributed by atoms with Crippen molar-refractivity contribution in [2.24, 2.45) is 0 Å². The zero-order valence-electron chi connectivity index (χ0n) is 10.3. The Balaban J connectivity index is 2.08. The van der Waals surface area contributed by atoms with Gasteiger partial charge in [-0.1, -0.05) is 11.6 Å². The molecule has 0 atom stereocenters. The molecule has 0 aliphatic heterocycles. The van der Waals surface area contributed by atoms with E-state index in [0.717, 1.165) is 27.3 Å². The number of fused-ring (bicyclic) bond motifs is 1. The summed E-state index contributed by atoms with van der Waals surface area (Å²) in [6, 6.07) is 5.98. The fourth-order valence-corrected chi connectivity index (χ4v) is 3.86. The van der Waals surface area contributed by atoms with Gasteiger partial charge in [-0.05, 0) is 34.1 Å². The minimum Gasteiger partial charge on any atom is -0.307 e. The first-order valence-electron chi connectivity index (χ1n) is 5.98. The first kappa shape index (κ1) is 14.3. The fraction of sp³-hybridized carbons (Fsp3) is 0.231. The summed E-state index contributed by atoms with van der Waals surface area (Å²) in [5, 5.41) is 0.596. The van der Waals surface area contributed by atoms with Gasteiger partial charge in [0.25, 0.3) is 0 Å². The molecule has 0 N–H and O–H groups in total. The van der Waals surface area contributed by atoms with Crippen LogP contribution in [0, 0.1) is 0 Å². The Morgan fingerprint density at radius 1 is 1.35 bits per heavy atom. The zero-order valence-corrected chi connectivity index (χ0v) is 14.2. The maximum absolute atomic E-state index is 5.98. The van der Waals surface area contributed by atoms with Crippen molar-refractivity contribution >= 4 is 61.6 Å². The summed E-state index contributed by atoms with van der Waals surface area (Å²) in [7, 11) is 0. The predicted octanol–water partition coefficient (Wildman–Crippen LogP) is 4.74. The van der Waals surface area contributed by atoms with Crippen LogP contribution in [0.2, 0.25) is 5.02 Å². The van der Waals surface area contributed by atoms with Gasteiger partial charge < -0.3 is 4.57 Å². The molecule has 0 saturated heterocycles. The van der Waals surface area contributed by atoms with Crippen LogP contribution in [0.4, 0.5) is 0 Å². The maximum Gasteiger partial charge on any atom is 0.160 e. The molecule has 104 valence electrons. The molecule has 3 heterocycles. The number of aryl methyl sites for hydroxylation is 1. The molecule has 3 aromatic heterocycles. The van der Waals surface area contributed by atoms with Gasteiger partial charge in [-0.3, -0.25) is 0 Å². The van der Waals surface area contributed by atoms with Crippen LogP contribution in [-0.2, 0) is 13.0 Å². The molecular formula is C13H10BrCl2N3S. The third kappa shape index (κ3) is 2.86. The molecule has 20 heavy (non-hydrogen) atoms. The second kappa shape index (κ2) is 6.02. The molecule has 7 heteroatoms. The summed E-state index contributed by atoms with van der Waals surface area (Å²) in [6.07, 6.45) is 2.36. The van der Waals surface area contributed by atoms with E-state index >= 15 is 0 Å². The Morgan fingerprint density at radius 3 is 2.90 bits per heavy atom. The third-order valence-electron chi connectivity index (χ3n) is 2.89. The average Bonchev–Trinajstić information content (AvgIpc) is 2.95. The molecular weight excluding hydrogens is 381 g/mol. The SMILES string of the molecule is ClCCc1nc2cc(Cl)cnc2n1Cc1ccc(Br)s1. The highest BCUT2D eigenvalue weighted by Gasteiger charge is 2.13. The number of hydrogen-bond donors (Lipinski definition) is 0. The van der Waals surface area contributed by atoms with Gasteiger partial charge in [0.15, 0.2) is 5.65 Å². The highest BCUT2D eigenvalue weighted by Crippen LogP contribution is 2.25. The molecule has 0 unspecified atom stereocenters. The van der Waals surface area contributed by atoms with E-state index in [1.54, 1.807) is 17.5 Å². The quantitative estimate of drug-likeness (QED) is 0.602. The van der Waals surface area contributed by atoms with Crippen molar-refractivity contribution in [3.63, 3.8) is 0 Å². The van der Waals surface area contributed by atoms with Gasteiger partial charge in [0.1, 0.15) is 11.3 Å². The van der Waals surface area contributed by atoms with Crippen LogP contribution < -0.4 is 0 Å². The molecule has 0 bridgehead atoms. The van der Waals surface area contributed by atoms with E-state index in [0.29, 0.717) is 17.3 Å². The van der Waals surface area contributed by atoms with Gasteiger partial charge in [-0.2, -0.15) is 0 Å². The van der Waals surface area contributed by atoms with Crippen LogP contribution in [0.25, 0.3) is 11.2 Å². The molecule has 0 saturated carbocycles. The van der Waals surface area contributed by atoms with E-state index in [-0.39, 0.29) is 0 Å². The van der Waals surface area contributed by atoms with Crippen LogP contribution in [-0.4, -0.2) is 20.4 Å². The molecule has 0 aromatic carbocycles. The monoisotopic (exact) mass is 389 g/mol. The van der Waals surface area contributed by atoms with Crippen LogP contribution >= 0.6 is 50.5 Å². The molecule has 0 amide bonds. The van der Waals surface area contributed by atoms with Crippen LogP contribution in [0.3, 0.4) is 0 Å². The Hall–Kier alpha value is -0.620. The van der Waals surface area contributed by atoms with Crippen molar-refractivity contribution in [3.05, 3.63) is 43.9 Å². The summed E-state index contributed by atoms with van der Waals surface area (Å²) in [5.74, 6) is 1.47. The Bertz CT molecular complexity index is 753. The van der Waals surface area contributed by atoms with Gasteiger partial charge in [-0.25, -0.2) is 9.97 Å². The molecule has 0 fully saturated rings. The Labute approximate surface area is 138 Å². The van der Waals surface area contributed by atoms with Crippen molar-refractivity contribution in [2.75, 3.05) is 5.88 Å². The second-order valence-corrected chi connectivity index (χ2v) is 7.62. The Kier molecular flexibility index (Phi) is 4.31. The average molecular weight is 391 g/mol. The lowest BCUT2D eigenvalue weighted by atomic mass is 10.4. The van der Waals surface area contributed by atoms with Crippen molar-refractivity contribution in [1.82, 2.24) is 14.5 Å². The predicted molar refractivity (Wildman–Crippen MR) is 88.1 cm³/mol. The van der Waals surface area contributed by atoms with Crippen LogP contribution in [0.5, 0.6) is 0 Å². The van der Waals surface area contributed by atoms with Crippen molar-refractivity contribution < 1.29 is 0 Å². The molecule has 0 radical (unpaired) electrons. The third-order valence-corrected chi connectivity index (χ3v) is 4.90. The minimum atomic E-state index is 0.533. The fourth-order valence-electron chi connectivity index (χ4n) is 2.07. The number of alkyl halides is 1. The lowest BCUT2D eigenvalue weighted by Crippen LogP contribution is -2.05. The van der Waals surface area contributed by atoms with E-state index in [2.05, 4.69) is 36.5 Å². The Morgan fingerprint density at radius 2 is 2.20 bits per heavy atom. The smallest absolute Gasteiger partial charge is 0.160 e. The second-order valence-electron chi connectivity index (χ2n) is 4.26. The van der Waals surface area contributed by atoms with Crippen molar-refractivity contribution in [1.29, 1.82) is 0 Å². The van der Waals surface area contributed by atoms with E-state index in [4.69, 9.17) is 23.2 Å². The van der Waals surface area contributed by atoms with Crippen LogP contribution in [0.15, 0.2) is 28.2 Å². The summed E-state index contributed by atoms with van der Waals surface area (Å²) in [6.45, 7) is 0.744. The molecule has 0 aliphatic carbocycles. The summed E-state index contributed by atoms with van der Waals surface area (Å²) < 4.78 is 3.22. The largest absolute Gasteiger partial charge is 0.307 e. The van der Waals surface area contributed by atoms with Crippen molar-refractivity contribution in [3.8, 4) is 0 Å². The topological polar surface area (TPSA) is 30.7 Å². The van der Waals surface area contributed by atoms with Gasteiger partial charge in [0, 0.05) is 23.4 Å². The molecule has 0 aliphatic rings. The van der Waals surface area contributed by atoms with Crippen molar-refractivity contribution in [2.45, 2.75) is 13.0 Å². The standard InChI is InChI=1S/C13H10BrCl2N3S/c14-11-2-1-9(20-11)7-19-12(3-4-15)18-10-5-8(16)6-17-13(10)19/h1-2,5-6H,3-4,7H2.